The van der Waals surface area contributed by atoms with E-state index in [1.807, 2.05) is 24.3 Å². The minimum Gasteiger partial charge on any atom is -0.497 e. The summed E-state index contributed by atoms with van der Waals surface area (Å²) in [7, 11) is 1.66. The van der Waals surface area contributed by atoms with Gasteiger partial charge in [0.15, 0.2) is 0 Å². The van der Waals surface area contributed by atoms with Gasteiger partial charge in [-0.05, 0) is 24.3 Å². The Hall–Kier alpha value is -1.55. The van der Waals surface area contributed by atoms with Crippen LogP contribution in [0.1, 0.15) is 5.56 Å². The molecule has 16 heavy (non-hydrogen) atoms. The molecule has 0 radical (unpaired) electrons. The molecule has 4 heteroatoms. The van der Waals surface area contributed by atoms with Crippen LogP contribution in [0.4, 0.5) is 0 Å². The molecule has 2 heterocycles. The summed E-state index contributed by atoms with van der Waals surface area (Å²) in [4.78, 5) is 4.57. The second-order valence-electron chi connectivity index (χ2n) is 4.04. The molecular formula is C12H14N2O2. The maximum Gasteiger partial charge on any atom is 0.216 e. The Kier molecular flexibility index (Phi) is 2.29. The highest BCUT2D eigenvalue weighted by Crippen LogP contribution is 2.21. The number of rotatable bonds is 2. The van der Waals surface area contributed by atoms with E-state index in [0.29, 0.717) is 0 Å². The van der Waals surface area contributed by atoms with Crippen LogP contribution in [-0.2, 0) is 4.74 Å². The third kappa shape index (κ3) is 1.55. The highest BCUT2D eigenvalue weighted by atomic mass is 16.5. The van der Waals surface area contributed by atoms with E-state index in [1.54, 1.807) is 7.11 Å². The molecule has 1 fully saturated rings. The van der Waals surface area contributed by atoms with E-state index >= 15 is 0 Å². The van der Waals surface area contributed by atoms with Crippen molar-refractivity contribution in [2.75, 3.05) is 20.2 Å². The predicted octanol–water partition coefficient (Wildman–Crippen LogP) is 0.812. The van der Waals surface area contributed by atoms with Crippen LogP contribution in [0.3, 0.4) is 0 Å². The SMILES string of the molecule is COc1ccc(C2=NC3CNCC3O2)cc1. The molecule has 0 aliphatic carbocycles. The normalized spacial score (nSPS) is 27.2. The number of aliphatic imine (C=N–C) groups is 1. The highest BCUT2D eigenvalue weighted by molar-refractivity contribution is 5.95. The molecule has 3 rings (SSSR count). The van der Waals surface area contributed by atoms with Gasteiger partial charge < -0.3 is 14.8 Å². The summed E-state index contributed by atoms with van der Waals surface area (Å²) in [6, 6.07) is 8.09. The lowest BCUT2D eigenvalue weighted by Crippen LogP contribution is -2.20. The van der Waals surface area contributed by atoms with E-state index in [9.17, 15) is 0 Å². The number of hydrogen-bond acceptors (Lipinski definition) is 4. The summed E-state index contributed by atoms with van der Waals surface area (Å²) in [5.41, 5.74) is 1.02. The van der Waals surface area contributed by atoms with Gasteiger partial charge in [0.25, 0.3) is 0 Å². The molecule has 0 aromatic heterocycles. The van der Waals surface area contributed by atoms with E-state index in [-0.39, 0.29) is 12.1 Å². The molecular weight excluding hydrogens is 204 g/mol. The second-order valence-corrected chi connectivity index (χ2v) is 4.04. The smallest absolute Gasteiger partial charge is 0.216 e. The van der Waals surface area contributed by atoms with Crippen LogP contribution in [0.15, 0.2) is 29.3 Å². The molecule has 2 aliphatic rings. The topological polar surface area (TPSA) is 42.8 Å². The quantitative estimate of drug-likeness (QED) is 0.799. The van der Waals surface area contributed by atoms with Gasteiger partial charge in [-0.25, -0.2) is 4.99 Å². The first kappa shape index (κ1) is 9.66. The molecule has 2 aliphatic heterocycles. The first-order valence-corrected chi connectivity index (χ1v) is 5.46. The standard InChI is InChI=1S/C12H14N2O2/c1-15-9-4-2-8(3-5-9)12-14-10-6-13-7-11(10)16-12/h2-5,10-11,13H,6-7H2,1H3. The number of ether oxygens (including phenoxy) is 2. The number of fused-ring (bicyclic) bond motifs is 1. The summed E-state index contributed by atoms with van der Waals surface area (Å²) >= 11 is 0. The average Bonchev–Trinajstić information content (AvgIpc) is 2.89. The summed E-state index contributed by atoms with van der Waals surface area (Å²) in [6.45, 7) is 1.82. The Morgan fingerprint density at radius 1 is 1.31 bits per heavy atom. The van der Waals surface area contributed by atoms with Gasteiger partial charge in [-0.1, -0.05) is 0 Å². The zero-order valence-electron chi connectivity index (χ0n) is 9.14. The summed E-state index contributed by atoms with van der Waals surface area (Å²) < 4.78 is 10.9. The molecule has 4 nitrogen and oxygen atoms in total. The van der Waals surface area contributed by atoms with Crippen molar-refractivity contribution in [3.63, 3.8) is 0 Å². The Morgan fingerprint density at radius 3 is 2.81 bits per heavy atom. The van der Waals surface area contributed by atoms with Crippen molar-refractivity contribution in [1.82, 2.24) is 5.32 Å². The van der Waals surface area contributed by atoms with E-state index < -0.39 is 0 Å². The largest absolute Gasteiger partial charge is 0.497 e. The van der Waals surface area contributed by atoms with Crippen molar-refractivity contribution in [2.45, 2.75) is 12.1 Å². The molecule has 1 saturated heterocycles. The summed E-state index contributed by atoms with van der Waals surface area (Å²) in [6.07, 6.45) is 0.220. The third-order valence-corrected chi connectivity index (χ3v) is 3.01. The van der Waals surface area contributed by atoms with Crippen molar-refractivity contribution in [3.05, 3.63) is 29.8 Å². The zero-order valence-corrected chi connectivity index (χ0v) is 9.14. The van der Waals surface area contributed by atoms with Gasteiger partial charge >= 0.3 is 0 Å². The molecule has 2 atom stereocenters. The number of methoxy groups -OCH3 is 1. The maximum atomic E-state index is 5.79. The first-order chi connectivity index (χ1) is 7.86. The minimum atomic E-state index is 0.220. The van der Waals surface area contributed by atoms with Gasteiger partial charge in [0.2, 0.25) is 5.90 Å². The van der Waals surface area contributed by atoms with E-state index in [4.69, 9.17) is 9.47 Å². The van der Waals surface area contributed by atoms with Crippen molar-refractivity contribution < 1.29 is 9.47 Å². The summed E-state index contributed by atoms with van der Waals surface area (Å²) in [5, 5.41) is 3.26. The van der Waals surface area contributed by atoms with Gasteiger partial charge in [0, 0.05) is 18.7 Å². The Bertz CT molecular complexity index is 414. The van der Waals surface area contributed by atoms with Crippen LogP contribution in [0.2, 0.25) is 0 Å². The van der Waals surface area contributed by atoms with Gasteiger partial charge in [0.05, 0.1) is 7.11 Å². The molecule has 0 bridgehead atoms. The second kappa shape index (κ2) is 3.79. The highest BCUT2D eigenvalue weighted by Gasteiger charge is 2.35. The molecule has 1 aromatic rings. The first-order valence-electron chi connectivity index (χ1n) is 5.46. The maximum absolute atomic E-state index is 5.79. The molecule has 0 saturated carbocycles. The van der Waals surface area contributed by atoms with E-state index in [1.165, 1.54) is 0 Å². The van der Waals surface area contributed by atoms with Crippen LogP contribution in [0.5, 0.6) is 5.75 Å². The predicted molar refractivity (Wildman–Crippen MR) is 61.1 cm³/mol. The van der Waals surface area contributed by atoms with Crippen LogP contribution in [-0.4, -0.2) is 38.2 Å². The fourth-order valence-corrected chi connectivity index (χ4v) is 2.09. The zero-order chi connectivity index (χ0) is 11.0. The van der Waals surface area contributed by atoms with E-state index in [0.717, 1.165) is 30.3 Å². The molecule has 1 N–H and O–H groups in total. The van der Waals surface area contributed by atoms with Crippen LogP contribution < -0.4 is 10.1 Å². The molecule has 0 spiro atoms. The van der Waals surface area contributed by atoms with Crippen LogP contribution >= 0.6 is 0 Å². The van der Waals surface area contributed by atoms with Crippen molar-refractivity contribution in [3.8, 4) is 5.75 Å². The fraction of sp³-hybridized carbons (Fsp3) is 0.417. The molecule has 84 valence electrons. The Labute approximate surface area is 94.3 Å². The number of benzene rings is 1. The van der Waals surface area contributed by atoms with Crippen molar-refractivity contribution in [1.29, 1.82) is 0 Å². The van der Waals surface area contributed by atoms with Crippen molar-refractivity contribution in [2.24, 2.45) is 4.99 Å². The number of nitrogens with one attached hydrogen (secondary N) is 1. The molecule has 2 unspecified atom stereocenters. The van der Waals surface area contributed by atoms with Gasteiger partial charge in [-0.3, -0.25) is 0 Å². The van der Waals surface area contributed by atoms with Gasteiger partial charge in [-0.2, -0.15) is 0 Å². The van der Waals surface area contributed by atoms with Crippen LogP contribution in [0.25, 0.3) is 0 Å². The van der Waals surface area contributed by atoms with Crippen LogP contribution in [0, 0.1) is 0 Å². The van der Waals surface area contributed by atoms with E-state index in [2.05, 4.69) is 10.3 Å². The number of hydrogen-bond donors (Lipinski definition) is 1. The Morgan fingerprint density at radius 2 is 2.12 bits per heavy atom. The number of nitrogens with zero attached hydrogens (tertiary/aromatic N) is 1. The van der Waals surface area contributed by atoms with Crippen molar-refractivity contribution >= 4 is 5.90 Å². The Balaban J connectivity index is 1.82. The third-order valence-electron chi connectivity index (χ3n) is 3.01. The lowest BCUT2D eigenvalue weighted by molar-refractivity contribution is 0.225. The monoisotopic (exact) mass is 218 g/mol. The van der Waals surface area contributed by atoms with Gasteiger partial charge in [0.1, 0.15) is 17.9 Å². The average molecular weight is 218 g/mol. The van der Waals surface area contributed by atoms with Gasteiger partial charge in [-0.15, -0.1) is 0 Å². The lowest BCUT2D eigenvalue weighted by atomic mass is 10.2. The fourth-order valence-electron chi connectivity index (χ4n) is 2.09. The molecule has 0 amide bonds. The lowest BCUT2D eigenvalue weighted by Gasteiger charge is -2.08. The molecule has 1 aromatic carbocycles. The minimum absolute atomic E-state index is 0.220. The summed E-state index contributed by atoms with van der Waals surface area (Å²) in [5.74, 6) is 1.61.